The van der Waals surface area contributed by atoms with Crippen molar-refractivity contribution in [1.29, 1.82) is 0 Å². The van der Waals surface area contributed by atoms with Gasteiger partial charge in [0.25, 0.3) is 0 Å². The highest BCUT2D eigenvalue weighted by Crippen LogP contribution is 2.08. The minimum Gasteiger partial charge on any atom is -0.307 e. The van der Waals surface area contributed by atoms with Crippen LogP contribution in [0.1, 0.15) is 36.5 Å². The van der Waals surface area contributed by atoms with Crippen LogP contribution in [0.3, 0.4) is 0 Å². The first-order valence-corrected chi connectivity index (χ1v) is 11.2. The molecular weight excluding hydrogens is 344 g/mol. The van der Waals surface area contributed by atoms with Crippen molar-refractivity contribution in [1.82, 2.24) is 0 Å². The highest BCUT2D eigenvalue weighted by atomic mass is 79.9. The summed E-state index contributed by atoms with van der Waals surface area (Å²) >= 11 is 6.98. The van der Waals surface area contributed by atoms with Gasteiger partial charge in [-0.1, -0.05) is 54.2 Å². The number of carbonyl (C=O) groups excluding carboxylic acids is 1. The summed E-state index contributed by atoms with van der Waals surface area (Å²) < 4.78 is 2.47. The van der Waals surface area contributed by atoms with E-state index >= 15 is 0 Å². The fourth-order valence-corrected chi connectivity index (χ4v) is 3.06. The van der Waals surface area contributed by atoms with E-state index in [9.17, 15) is 4.79 Å². The Morgan fingerprint density at radius 1 is 1.25 bits per heavy atom. The molecule has 86 valence electrons. The lowest BCUT2D eigenvalue weighted by Gasteiger charge is -1.88. The van der Waals surface area contributed by atoms with Crippen LogP contribution in [-0.4, -0.2) is 24.5 Å². The van der Waals surface area contributed by atoms with E-state index in [0.29, 0.717) is 5.56 Å². The molecule has 0 radical (unpaired) electrons. The normalized spacial score (nSPS) is 8.69. The molecule has 16 heavy (non-hydrogen) atoms. The fraction of sp³-hybridized carbons (Fsp3) is 0.417. The van der Waals surface area contributed by atoms with E-state index in [1.165, 1.54) is 23.8 Å². The maximum Gasteiger partial charge on any atom is 0.468 e. The first kappa shape index (κ1) is 16.6. The highest BCUT2D eigenvalue weighted by molar-refractivity contribution is 9.23. The molecule has 4 heteroatoms. The third kappa shape index (κ3) is 9.81. The van der Waals surface area contributed by atoms with Crippen molar-refractivity contribution >= 4 is 53.3 Å². The summed E-state index contributed by atoms with van der Waals surface area (Å²) in [7, 11) is 0. The fourth-order valence-electron chi connectivity index (χ4n) is 1.06. The van der Waals surface area contributed by atoms with Gasteiger partial charge in [0.05, 0.1) is 0 Å². The van der Waals surface area contributed by atoms with Gasteiger partial charge in [-0.3, -0.25) is 4.79 Å². The number of rotatable bonds is 5. The maximum absolute atomic E-state index is 10.1. The molecule has 0 heterocycles. The van der Waals surface area contributed by atoms with Crippen LogP contribution in [-0.2, 0) is 0 Å². The first-order valence-electron chi connectivity index (χ1n) is 5.51. The second-order valence-corrected chi connectivity index (χ2v) is 7.80. The van der Waals surface area contributed by atoms with E-state index in [1.807, 2.05) is 12.1 Å². The topological polar surface area (TPSA) is 17.1 Å². The van der Waals surface area contributed by atoms with Crippen molar-refractivity contribution in [3.05, 3.63) is 34.3 Å². The Morgan fingerprint density at radius 2 is 1.88 bits per heavy atom. The van der Waals surface area contributed by atoms with E-state index in [1.54, 1.807) is 12.1 Å². The van der Waals surface area contributed by atoms with Gasteiger partial charge in [0.2, 0.25) is 0 Å². The monoisotopic (exact) mass is 358 g/mol. The number of hydrogen-bond acceptors (Lipinski definition) is 1. The minimum absolute atomic E-state index is 0.206. The maximum atomic E-state index is 10.1. The third-order valence-corrected chi connectivity index (χ3v) is 4.97. The van der Waals surface area contributed by atoms with Gasteiger partial charge in [-0.2, -0.15) is 0 Å². The van der Waals surface area contributed by atoms with Crippen molar-refractivity contribution in [2.45, 2.75) is 30.7 Å². The third-order valence-electron chi connectivity index (χ3n) is 1.99. The van der Waals surface area contributed by atoms with E-state index in [0.717, 1.165) is 10.8 Å². The van der Waals surface area contributed by atoms with Crippen LogP contribution in [0, 0.1) is 0 Å². The molecule has 1 aromatic rings. The number of carbonyl (C=O) groups is 1. The summed E-state index contributed by atoms with van der Waals surface area (Å²) in [4.78, 5) is 10.1. The molecule has 1 rings (SSSR count). The highest BCUT2D eigenvalue weighted by Gasteiger charge is 1.87. The van der Waals surface area contributed by atoms with Crippen LogP contribution in [0.4, 0.5) is 0 Å². The van der Waals surface area contributed by atoms with E-state index in [-0.39, 0.29) is 18.2 Å². The molecule has 0 aliphatic rings. The summed E-state index contributed by atoms with van der Waals surface area (Å²) in [6, 6.07) is 7.20. The zero-order valence-corrected chi connectivity index (χ0v) is 14.2. The van der Waals surface area contributed by atoms with Crippen molar-refractivity contribution in [2.24, 2.45) is 0 Å². The number of halogens is 2. The molecule has 0 aliphatic carbocycles. The van der Waals surface area contributed by atoms with Gasteiger partial charge in [0.15, 0.2) is 0 Å². The number of benzene rings is 1. The summed E-state index contributed by atoms with van der Waals surface area (Å²) in [5, 5.41) is 0. The van der Waals surface area contributed by atoms with Gasteiger partial charge in [0, 0.05) is 10.0 Å². The van der Waals surface area contributed by atoms with Gasteiger partial charge in [-0.25, -0.2) is 0 Å². The standard InChI is InChI=1S/C7H5BrO.C5H11.BrH.Mg/c8-7-3-1-6(5-9)2-4-7;1-3-5-4-2;;/h1-5H;1,3-5H2,2H3;1H;/q;;;+1/p-1. The molecule has 0 spiro atoms. The van der Waals surface area contributed by atoms with E-state index < -0.39 is 0 Å². The Kier molecular flexibility index (Phi) is 12.5. The lowest BCUT2D eigenvalue weighted by Crippen LogP contribution is -1.75. The first-order chi connectivity index (χ1) is 7.74. The second-order valence-electron chi connectivity index (χ2n) is 3.42. The SMILES string of the molecule is CCCC[CH2][Mg][Br].O=Cc1ccc(Br)cc1. The van der Waals surface area contributed by atoms with Gasteiger partial charge in [0.1, 0.15) is 6.29 Å². The molecule has 0 saturated heterocycles. The Labute approximate surface area is 122 Å². The number of unbranched alkanes of at least 4 members (excludes halogenated alkanes) is 2. The average molecular weight is 360 g/mol. The van der Waals surface area contributed by atoms with E-state index in [2.05, 4.69) is 35.7 Å². The molecule has 0 bridgehead atoms. The van der Waals surface area contributed by atoms with Gasteiger partial charge < -0.3 is 12.9 Å². The van der Waals surface area contributed by atoms with Crippen LogP contribution < -0.4 is 0 Å². The summed E-state index contributed by atoms with van der Waals surface area (Å²) in [6.45, 7) is 2.25. The predicted octanol–water partition coefficient (Wildman–Crippen LogP) is 4.87. The Hall–Kier alpha value is 0.616. The van der Waals surface area contributed by atoms with Crippen LogP contribution in [0.2, 0.25) is 4.55 Å². The van der Waals surface area contributed by atoms with Crippen molar-refractivity contribution in [2.75, 3.05) is 0 Å². The molecule has 0 atom stereocenters. The van der Waals surface area contributed by atoms with Crippen LogP contribution in [0.25, 0.3) is 0 Å². The molecule has 1 aromatic carbocycles. The molecule has 0 saturated carbocycles. The molecule has 0 aromatic heterocycles. The average Bonchev–Trinajstić information content (AvgIpc) is 2.32. The van der Waals surface area contributed by atoms with Crippen LogP contribution >= 0.6 is 28.8 Å². The van der Waals surface area contributed by atoms with Gasteiger partial charge in [-0.05, 0) is 12.1 Å². The lowest BCUT2D eigenvalue weighted by molar-refractivity contribution is 0.112. The molecule has 0 N–H and O–H groups in total. The summed E-state index contributed by atoms with van der Waals surface area (Å²) in [6.07, 6.45) is 5.07. The van der Waals surface area contributed by atoms with Gasteiger partial charge >= 0.3 is 18.2 Å². The Balaban J connectivity index is 0.000000293. The van der Waals surface area contributed by atoms with E-state index in [4.69, 9.17) is 0 Å². The largest absolute Gasteiger partial charge is 0.468 e. The van der Waals surface area contributed by atoms with Crippen LogP contribution in [0.15, 0.2) is 28.7 Å². The molecule has 0 fully saturated rings. The molecule has 0 unspecified atom stereocenters. The zero-order chi connectivity index (χ0) is 12.2. The number of aldehydes is 1. The Bertz CT molecular complexity index is 271. The van der Waals surface area contributed by atoms with Crippen molar-refractivity contribution in [3.63, 3.8) is 0 Å². The zero-order valence-electron chi connectivity index (χ0n) is 9.59. The molecular formula is C12H16Br2MgO. The molecule has 0 aliphatic heterocycles. The second kappa shape index (κ2) is 12.1. The smallest absolute Gasteiger partial charge is 0.307 e. The van der Waals surface area contributed by atoms with Crippen molar-refractivity contribution < 1.29 is 4.79 Å². The molecule has 1 nitrogen and oxygen atoms in total. The van der Waals surface area contributed by atoms with Gasteiger partial charge in [-0.15, -0.1) is 4.55 Å². The summed E-state index contributed by atoms with van der Waals surface area (Å²) in [5.74, 6) is 0. The Morgan fingerprint density at radius 3 is 2.31 bits per heavy atom. The van der Waals surface area contributed by atoms with Crippen LogP contribution in [0.5, 0.6) is 0 Å². The lowest BCUT2D eigenvalue weighted by atomic mass is 10.2. The number of hydrogen-bond donors (Lipinski definition) is 0. The van der Waals surface area contributed by atoms with Crippen molar-refractivity contribution in [3.8, 4) is 0 Å². The minimum atomic E-state index is 0.206. The summed E-state index contributed by atoms with van der Waals surface area (Å²) in [5.41, 5.74) is 0.707. The quantitative estimate of drug-likeness (QED) is 0.416. The predicted molar refractivity (Wildman–Crippen MR) is 78.5 cm³/mol. The molecule has 0 amide bonds.